The summed E-state index contributed by atoms with van der Waals surface area (Å²) in [5.41, 5.74) is 9.93. The van der Waals surface area contributed by atoms with Crippen molar-refractivity contribution in [2.75, 3.05) is 5.73 Å². The van der Waals surface area contributed by atoms with E-state index >= 15 is 0 Å². The first kappa shape index (κ1) is 12.5. The van der Waals surface area contributed by atoms with Gasteiger partial charge in [-0.15, -0.1) is 0 Å². The molecule has 18 heavy (non-hydrogen) atoms. The average Bonchev–Trinajstić information content (AvgIpc) is 2.75. The van der Waals surface area contributed by atoms with Gasteiger partial charge in [-0.3, -0.25) is 4.68 Å². The van der Waals surface area contributed by atoms with Crippen molar-refractivity contribution in [3.05, 3.63) is 41.2 Å². The summed E-state index contributed by atoms with van der Waals surface area (Å²) in [4.78, 5) is 0. The van der Waals surface area contributed by atoms with Crippen LogP contribution in [0.4, 0.5) is 5.69 Å². The first-order valence-electron chi connectivity index (χ1n) is 6.11. The molecular weight excluding hydrogens is 226 g/mol. The standard InChI is InChI=1S/C14H19N3O/c1-4-17-8-12(7-16-17)9-18-14-11(3)5-10(2)6-13(14)15/h5-8H,4,9,15H2,1-3H3. The molecule has 0 radical (unpaired) electrons. The Labute approximate surface area is 107 Å². The highest BCUT2D eigenvalue weighted by Gasteiger charge is 2.07. The van der Waals surface area contributed by atoms with Crippen LogP contribution in [0.25, 0.3) is 0 Å². The van der Waals surface area contributed by atoms with Crippen molar-refractivity contribution in [1.82, 2.24) is 9.78 Å². The maximum absolute atomic E-state index is 5.97. The molecule has 4 heteroatoms. The van der Waals surface area contributed by atoms with Crippen LogP contribution in [0.3, 0.4) is 0 Å². The zero-order valence-electron chi connectivity index (χ0n) is 11.1. The molecule has 2 rings (SSSR count). The Kier molecular flexibility index (Phi) is 3.55. The summed E-state index contributed by atoms with van der Waals surface area (Å²) < 4.78 is 7.67. The minimum absolute atomic E-state index is 0.494. The molecule has 0 aliphatic heterocycles. The Balaban J connectivity index is 2.10. The molecule has 4 nitrogen and oxygen atoms in total. The summed E-state index contributed by atoms with van der Waals surface area (Å²) >= 11 is 0. The number of benzene rings is 1. The lowest BCUT2D eigenvalue weighted by atomic mass is 10.1. The lowest BCUT2D eigenvalue weighted by Crippen LogP contribution is -2.01. The van der Waals surface area contributed by atoms with Gasteiger partial charge in [-0.05, 0) is 38.0 Å². The number of hydrogen-bond donors (Lipinski definition) is 1. The first-order chi connectivity index (χ1) is 8.60. The third-order valence-corrected chi connectivity index (χ3v) is 2.84. The number of nitrogens with two attached hydrogens (primary N) is 1. The molecule has 0 saturated carbocycles. The van der Waals surface area contributed by atoms with Gasteiger partial charge in [0.1, 0.15) is 12.4 Å². The second-order valence-electron chi connectivity index (χ2n) is 4.49. The average molecular weight is 245 g/mol. The van der Waals surface area contributed by atoms with Gasteiger partial charge in [0, 0.05) is 18.3 Å². The molecule has 0 atom stereocenters. The summed E-state index contributed by atoms with van der Waals surface area (Å²) in [5.74, 6) is 0.768. The molecule has 0 aliphatic rings. The van der Waals surface area contributed by atoms with Crippen molar-refractivity contribution in [1.29, 1.82) is 0 Å². The van der Waals surface area contributed by atoms with Gasteiger partial charge in [0.15, 0.2) is 0 Å². The van der Waals surface area contributed by atoms with Crippen molar-refractivity contribution in [2.24, 2.45) is 0 Å². The van der Waals surface area contributed by atoms with E-state index < -0.39 is 0 Å². The molecule has 1 heterocycles. The van der Waals surface area contributed by atoms with E-state index in [4.69, 9.17) is 10.5 Å². The fourth-order valence-electron chi connectivity index (χ4n) is 1.99. The smallest absolute Gasteiger partial charge is 0.145 e. The van der Waals surface area contributed by atoms with Gasteiger partial charge in [-0.25, -0.2) is 0 Å². The number of rotatable bonds is 4. The van der Waals surface area contributed by atoms with Crippen molar-refractivity contribution >= 4 is 5.69 Å². The molecule has 1 aromatic heterocycles. The highest BCUT2D eigenvalue weighted by molar-refractivity contribution is 5.58. The van der Waals surface area contributed by atoms with Crippen molar-refractivity contribution < 1.29 is 4.74 Å². The largest absolute Gasteiger partial charge is 0.486 e. The molecule has 0 aliphatic carbocycles. The Bertz CT molecular complexity index is 523. The van der Waals surface area contributed by atoms with Crippen molar-refractivity contribution in [2.45, 2.75) is 33.9 Å². The van der Waals surface area contributed by atoms with Crippen molar-refractivity contribution in [3.8, 4) is 5.75 Å². The van der Waals surface area contributed by atoms with Gasteiger partial charge in [0.2, 0.25) is 0 Å². The van der Waals surface area contributed by atoms with Gasteiger partial charge in [0.25, 0.3) is 0 Å². The molecule has 0 unspecified atom stereocenters. The topological polar surface area (TPSA) is 53.1 Å². The number of nitrogen functional groups attached to an aromatic ring is 1. The van der Waals surface area contributed by atoms with E-state index in [1.54, 1.807) is 0 Å². The lowest BCUT2D eigenvalue weighted by Gasteiger charge is -2.11. The number of anilines is 1. The van der Waals surface area contributed by atoms with E-state index in [0.29, 0.717) is 12.3 Å². The van der Waals surface area contributed by atoms with E-state index in [9.17, 15) is 0 Å². The molecule has 0 fully saturated rings. The zero-order valence-corrected chi connectivity index (χ0v) is 11.1. The predicted octanol–water partition coefficient (Wildman–Crippen LogP) is 2.68. The van der Waals surface area contributed by atoms with Crippen LogP contribution in [0.1, 0.15) is 23.6 Å². The minimum atomic E-state index is 0.494. The Morgan fingerprint density at radius 2 is 2.11 bits per heavy atom. The fourth-order valence-corrected chi connectivity index (χ4v) is 1.99. The molecule has 1 aromatic carbocycles. The van der Waals surface area contributed by atoms with Gasteiger partial charge in [0.05, 0.1) is 11.9 Å². The van der Waals surface area contributed by atoms with Crippen LogP contribution in [0, 0.1) is 13.8 Å². The number of aryl methyl sites for hydroxylation is 3. The fraction of sp³-hybridized carbons (Fsp3) is 0.357. The Morgan fingerprint density at radius 1 is 1.33 bits per heavy atom. The molecular formula is C14H19N3O. The molecule has 0 spiro atoms. The highest BCUT2D eigenvalue weighted by Crippen LogP contribution is 2.28. The van der Waals surface area contributed by atoms with Crippen LogP contribution in [0.5, 0.6) is 5.75 Å². The van der Waals surface area contributed by atoms with E-state index in [-0.39, 0.29) is 0 Å². The van der Waals surface area contributed by atoms with Gasteiger partial charge >= 0.3 is 0 Å². The van der Waals surface area contributed by atoms with Crippen LogP contribution >= 0.6 is 0 Å². The molecule has 96 valence electrons. The van der Waals surface area contributed by atoms with Gasteiger partial charge < -0.3 is 10.5 Å². The van der Waals surface area contributed by atoms with E-state index in [2.05, 4.69) is 18.1 Å². The summed E-state index contributed by atoms with van der Waals surface area (Å²) in [5, 5.41) is 4.21. The molecule has 0 amide bonds. The maximum Gasteiger partial charge on any atom is 0.145 e. The number of nitrogens with zero attached hydrogens (tertiary/aromatic N) is 2. The quantitative estimate of drug-likeness (QED) is 0.842. The normalized spacial score (nSPS) is 10.6. The van der Waals surface area contributed by atoms with Crippen molar-refractivity contribution in [3.63, 3.8) is 0 Å². The molecule has 2 N–H and O–H groups in total. The van der Waals surface area contributed by atoms with Gasteiger partial charge in [-0.1, -0.05) is 6.07 Å². The highest BCUT2D eigenvalue weighted by atomic mass is 16.5. The lowest BCUT2D eigenvalue weighted by molar-refractivity contribution is 0.305. The summed E-state index contributed by atoms with van der Waals surface area (Å²) in [7, 11) is 0. The first-order valence-corrected chi connectivity index (χ1v) is 6.11. The third-order valence-electron chi connectivity index (χ3n) is 2.84. The van der Waals surface area contributed by atoms with Crippen LogP contribution < -0.4 is 10.5 Å². The van der Waals surface area contributed by atoms with E-state index in [0.717, 1.165) is 29.0 Å². The summed E-state index contributed by atoms with van der Waals surface area (Å²) in [6.45, 7) is 7.45. The minimum Gasteiger partial charge on any atom is -0.486 e. The number of hydrogen-bond acceptors (Lipinski definition) is 3. The van der Waals surface area contributed by atoms with Crippen LogP contribution in [0.2, 0.25) is 0 Å². The van der Waals surface area contributed by atoms with Gasteiger partial charge in [-0.2, -0.15) is 5.10 Å². The van der Waals surface area contributed by atoms with Crippen LogP contribution in [0.15, 0.2) is 24.5 Å². The second-order valence-corrected chi connectivity index (χ2v) is 4.49. The molecule has 0 bridgehead atoms. The SMILES string of the molecule is CCn1cc(COc2c(C)cc(C)cc2N)cn1. The number of ether oxygens (including phenoxy) is 1. The maximum atomic E-state index is 5.97. The van der Waals surface area contributed by atoms with Crippen LogP contribution in [-0.2, 0) is 13.2 Å². The second kappa shape index (κ2) is 5.12. The third kappa shape index (κ3) is 2.64. The monoisotopic (exact) mass is 245 g/mol. The Morgan fingerprint density at radius 3 is 2.72 bits per heavy atom. The van der Waals surface area contributed by atoms with Crippen LogP contribution in [-0.4, -0.2) is 9.78 Å². The summed E-state index contributed by atoms with van der Waals surface area (Å²) in [6.07, 6.45) is 3.81. The van der Waals surface area contributed by atoms with E-state index in [1.165, 1.54) is 0 Å². The summed E-state index contributed by atoms with van der Waals surface area (Å²) in [6, 6.07) is 4.00. The zero-order chi connectivity index (χ0) is 13.1. The van der Waals surface area contributed by atoms with E-state index in [1.807, 2.05) is 37.0 Å². The Hall–Kier alpha value is -1.97. The molecule has 2 aromatic rings. The predicted molar refractivity (Wildman–Crippen MR) is 72.6 cm³/mol. The molecule has 0 saturated heterocycles. The number of aromatic nitrogens is 2.